The number of hydrogen-bond donors (Lipinski definition) is 3. The number of amides is 2. The van der Waals surface area contributed by atoms with E-state index in [-0.39, 0.29) is 16.1 Å². The number of anilines is 2. The third-order valence-electron chi connectivity index (χ3n) is 3.03. The maximum atomic E-state index is 12.1. The Labute approximate surface area is 146 Å². The molecule has 1 aromatic heterocycles. The van der Waals surface area contributed by atoms with Crippen LogP contribution in [0.25, 0.3) is 0 Å². The summed E-state index contributed by atoms with van der Waals surface area (Å²) < 4.78 is 5.08. The summed E-state index contributed by atoms with van der Waals surface area (Å²) in [4.78, 5) is 35.4. The first-order valence-corrected chi connectivity index (χ1v) is 7.99. The number of nitrogens with two attached hydrogens (primary N) is 2. The van der Waals surface area contributed by atoms with Crippen molar-refractivity contribution in [1.82, 2.24) is 0 Å². The first kappa shape index (κ1) is 17.8. The van der Waals surface area contributed by atoms with Crippen LogP contribution >= 0.6 is 22.9 Å². The van der Waals surface area contributed by atoms with E-state index in [0.29, 0.717) is 10.7 Å². The molecule has 0 saturated heterocycles. The number of nitrogens with one attached hydrogen (secondary N) is 1. The van der Waals surface area contributed by atoms with Crippen LogP contribution in [0.5, 0.6) is 0 Å². The molecule has 0 aliphatic heterocycles. The van der Waals surface area contributed by atoms with Crippen LogP contribution in [0, 0.1) is 0 Å². The second-order valence-electron chi connectivity index (χ2n) is 4.80. The second-order valence-corrected chi connectivity index (χ2v) is 6.13. The van der Waals surface area contributed by atoms with E-state index in [0.717, 1.165) is 11.3 Å². The zero-order chi connectivity index (χ0) is 17.9. The van der Waals surface area contributed by atoms with E-state index in [2.05, 4.69) is 5.32 Å². The molecule has 1 heterocycles. The molecule has 7 nitrogen and oxygen atoms in total. The van der Waals surface area contributed by atoms with Gasteiger partial charge in [0.25, 0.3) is 11.8 Å². The van der Waals surface area contributed by atoms with Gasteiger partial charge in [-0.3, -0.25) is 9.59 Å². The molecular formula is C15H14ClN3O4S. The van der Waals surface area contributed by atoms with Crippen LogP contribution in [0.4, 0.5) is 10.7 Å². The maximum absolute atomic E-state index is 12.1. The van der Waals surface area contributed by atoms with Gasteiger partial charge in [-0.1, -0.05) is 11.6 Å². The smallest absolute Gasteiger partial charge is 0.340 e. The molecule has 1 aromatic carbocycles. The number of rotatable bonds is 5. The van der Waals surface area contributed by atoms with Crippen LogP contribution in [0.15, 0.2) is 29.6 Å². The van der Waals surface area contributed by atoms with Crippen molar-refractivity contribution in [2.24, 2.45) is 5.73 Å². The molecule has 2 aromatic rings. The molecule has 0 bridgehead atoms. The summed E-state index contributed by atoms with van der Waals surface area (Å²) in [5.74, 6) is -2.02. The number of ether oxygens (including phenoxy) is 1. The van der Waals surface area contributed by atoms with Crippen molar-refractivity contribution in [1.29, 1.82) is 0 Å². The van der Waals surface area contributed by atoms with Crippen LogP contribution in [-0.4, -0.2) is 23.9 Å². The fraction of sp³-hybridized carbons (Fsp3) is 0.133. The second kappa shape index (κ2) is 7.33. The molecule has 0 unspecified atom stereocenters. The fourth-order valence-corrected chi connectivity index (χ4v) is 2.85. The van der Waals surface area contributed by atoms with Crippen LogP contribution < -0.4 is 16.8 Å². The average Bonchev–Trinajstić information content (AvgIpc) is 2.95. The van der Waals surface area contributed by atoms with Gasteiger partial charge in [-0.2, -0.15) is 0 Å². The molecule has 0 aliphatic rings. The van der Waals surface area contributed by atoms with Crippen molar-refractivity contribution in [3.8, 4) is 0 Å². The quantitative estimate of drug-likeness (QED) is 0.552. The van der Waals surface area contributed by atoms with E-state index in [1.54, 1.807) is 5.38 Å². The third-order valence-corrected chi connectivity index (χ3v) is 4.18. The standard InChI is InChI=1S/C15H14ClN3O4S/c1-7(13(21)19-14-10(12(18)20)4-5-24-14)23-15(22)9-3-2-8(17)6-11(9)16/h2-7H,17H2,1H3,(H2,18,20)(H,19,21)/t7-/m0/s1. The lowest BCUT2D eigenvalue weighted by Gasteiger charge is -2.14. The number of halogens is 1. The molecule has 0 aliphatic carbocycles. The summed E-state index contributed by atoms with van der Waals surface area (Å²) in [5, 5.41) is 4.53. The van der Waals surface area contributed by atoms with E-state index in [9.17, 15) is 14.4 Å². The van der Waals surface area contributed by atoms with Crippen molar-refractivity contribution in [2.45, 2.75) is 13.0 Å². The molecule has 2 rings (SSSR count). The normalized spacial score (nSPS) is 11.6. The summed E-state index contributed by atoms with van der Waals surface area (Å²) >= 11 is 7.06. The number of carbonyl (C=O) groups is 3. The minimum absolute atomic E-state index is 0.0967. The van der Waals surface area contributed by atoms with Crippen molar-refractivity contribution < 1.29 is 19.1 Å². The predicted molar refractivity (Wildman–Crippen MR) is 92.2 cm³/mol. The topological polar surface area (TPSA) is 125 Å². The number of thiophene rings is 1. The Bertz CT molecular complexity index is 806. The van der Waals surface area contributed by atoms with Crippen molar-refractivity contribution in [2.75, 3.05) is 11.1 Å². The molecule has 0 spiro atoms. The van der Waals surface area contributed by atoms with Gasteiger partial charge in [0.15, 0.2) is 6.10 Å². The van der Waals surface area contributed by atoms with Gasteiger partial charge in [-0.25, -0.2) is 4.79 Å². The molecular weight excluding hydrogens is 354 g/mol. The van der Waals surface area contributed by atoms with Gasteiger partial charge in [0, 0.05) is 5.69 Å². The lowest BCUT2D eigenvalue weighted by molar-refractivity contribution is -0.123. The van der Waals surface area contributed by atoms with E-state index < -0.39 is 23.9 Å². The Morgan fingerprint density at radius 1 is 1.25 bits per heavy atom. The van der Waals surface area contributed by atoms with Gasteiger partial charge in [0.2, 0.25) is 0 Å². The number of benzene rings is 1. The number of esters is 1. The molecule has 0 fully saturated rings. The van der Waals surface area contributed by atoms with Crippen LogP contribution in [0.3, 0.4) is 0 Å². The summed E-state index contributed by atoms with van der Waals surface area (Å²) in [7, 11) is 0. The lowest BCUT2D eigenvalue weighted by Crippen LogP contribution is -2.30. The monoisotopic (exact) mass is 367 g/mol. The van der Waals surface area contributed by atoms with Gasteiger partial charge in [0.05, 0.1) is 16.1 Å². The zero-order valence-electron chi connectivity index (χ0n) is 12.5. The third kappa shape index (κ3) is 4.03. The van der Waals surface area contributed by atoms with Crippen LogP contribution in [0.1, 0.15) is 27.6 Å². The molecule has 2 amide bonds. The maximum Gasteiger partial charge on any atom is 0.340 e. The molecule has 1 atom stereocenters. The van der Waals surface area contributed by atoms with Gasteiger partial charge in [-0.15, -0.1) is 11.3 Å². The lowest BCUT2D eigenvalue weighted by atomic mass is 10.2. The zero-order valence-corrected chi connectivity index (χ0v) is 14.1. The van der Waals surface area contributed by atoms with Crippen LogP contribution in [-0.2, 0) is 9.53 Å². The molecule has 5 N–H and O–H groups in total. The number of hydrogen-bond acceptors (Lipinski definition) is 6. The Hall–Kier alpha value is -2.58. The van der Waals surface area contributed by atoms with Gasteiger partial charge >= 0.3 is 5.97 Å². The predicted octanol–water partition coefficient (Wildman–Crippen LogP) is 2.27. The summed E-state index contributed by atoms with van der Waals surface area (Å²) in [6, 6.07) is 5.81. The Balaban J connectivity index is 2.04. The summed E-state index contributed by atoms with van der Waals surface area (Å²) in [6.45, 7) is 1.40. The summed E-state index contributed by atoms with van der Waals surface area (Å²) in [5.41, 5.74) is 11.4. The minimum atomic E-state index is -1.10. The van der Waals surface area contributed by atoms with Crippen molar-refractivity contribution in [3.05, 3.63) is 45.8 Å². The van der Waals surface area contributed by atoms with Crippen LogP contribution in [0.2, 0.25) is 5.02 Å². The van der Waals surface area contributed by atoms with Gasteiger partial charge in [-0.05, 0) is 36.6 Å². The minimum Gasteiger partial charge on any atom is -0.449 e. The number of nitrogen functional groups attached to an aromatic ring is 1. The molecule has 0 radical (unpaired) electrons. The molecule has 126 valence electrons. The molecule has 9 heteroatoms. The molecule has 24 heavy (non-hydrogen) atoms. The van der Waals surface area contributed by atoms with E-state index in [4.69, 9.17) is 27.8 Å². The molecule has 0 saturated carbocycles. The largest absolute Gasteiger partial charge is 0.449 e. The highest BCUT2D eigenvalue weighted by atomic mass is 35.5. The fourth-order valence-electron chi connectivity index (χ4n) is 1.79. The number of carbonyl (C=O) groups excluding carboxylic acids is 3. The van der Waals surface area contributed by atoms with Gasteiger partial charge < -0.3 is 21.5 Å². The highest BCUT2D eigenvalue weighted by molar-refractivity contribution is 7.14. The highest BCUT2D eigenvalue weighted by Gasteiger charge is 2.22. The average molecular weight is 368 g/mol. The first-order valence-electron chi connectivity index (χ1n) is 6.73. The van der Waals surface area contributed by atoms with E-state index in [1.165, 1.54) is 31.2 Å². The first-order chi connectivity index (χ1) is 11.3. The van der Waals surface area contributed by atoms with E-state index in [1.807, 2.05) is 0 Å². The van der Waals surface area contributed by atoms with Crippen molar-refractivity contribution in [3.63, 3.8) is 0 Å². The van der Waals surface area contributed by atoms with Crippen molar-refractivity contribution >= 4 is 51.4 Å². The Kier molecular flexibility index (Phi) is 5.42. The number of primary amides is 1. The van der Waals surface area contributed by atoms with Gasteiger partial charge in [0.1, 0.15) is 5.00 Å². The summed E-state index contributed by atoms with van der Waals surface area (Å²) in [6.07, 6.45) is -1.10. The SMILES string of the molecule is C[C@H](OC(=O)c1ccc(N)cc1Cl)C(=O)Nc1sccc1C(N)=O. The highest BCUT2D eigenvalue weighted by Crippen LogP contribution is 2.24. The Morgan fingerprint density at radius 3 is 2.58 bits per heavy atom. The van der Waals surface area contributed by atoms with E-state index >= 15 is 0 Å². The Morgan fingerprint density at radius 2 is 1.96 bits per heavy atom.